The Morgan fingerprint density at radius 3 is 2.86 bits per heavy atom. The molecule has 1 aromatic carbocycles. The first-order valence-corrected chi connectivity index (χ1v) is 7.83. The molecule has 0 spiro atoms. The summed E-state index contributed by atoms with van der Waals surface area (Å²) in [5.41, 5.74) is 3.14. The lowest BCUT2D eigenvalue weighted by Crippen LogP contribution is -2.28. The number of carbonyl (C=O) groups is 1. The minimum Gasteiger partial charge on any atom is -0.356 e. The van der Waals surface area contributed by atoms with E-state index in [9.17, 15) is 4.79 Å². The zero-order valence-electron chi connectivity index (χ0n) is 12.8. The van der Waals surface area contributed by atoms with Crippen molar-refractivity contribution in [3.8, 4) is 0 Å². The number of nitrogens with zero attached hydrogens (tertiary/aromatic N) is 2. The van der Waals surface area contributed by atoms with Gasteiger partial charge in [-0.2, -0.15) is 0 Å². The monoisotopic (exact) mass is 307 g/mol. The predicted molar refractivity (Wildman–Crippen MR) is 86.5 cm³/mol. The molecule has 1 heterocycles. The van der Waals surface area contributed by atoms with E-state index in [1.54, 1.807) is 0 Å². The summed E-state index contributed by atoms with van der Waals surface area (Å²) >= 11 is 5.99. The largest absolute Gasteiger partial charge is 0.356 e. The smallest absolute Gasteiger partial charge is 0.221 e. The van der Waals surface area contributed by atoms with Crippen molar-refractivity contribution < 1.29 is 4.79 Å². The Kier molecular flexibility index (Phi) is 5.23. The van der Waals surface area contributed by atoms with Crippen LogP contribution in [0.5, 0.6) is 0 Å². The molecule has 21 heavy (non-hydrogen) atoms. The number of aryl methyl sites for hydroxylation is 2. The van der Waals surface area contributed by atoms with Crippen LogP contribution in [-0.4, -0.2) is 22.0 Å². The van der Waals surface area contributed by atoms with Gasteiger partial charge < -0.3 is 9.88 Å². The normalized spacial score (nSPS) is 11.3. The number of alkyl halides is 1. The van der Waals surface area contributed by atoms with Gasteiger partial charge in [-0.1, -0.05) is 26.0 Å². The number of halogens is 1. The van der Waals surface area contributed by atoms with Crippen molar-refractivity contribution >= 4 is 28.5 Å². The zero-order chi connectivity index (χ0) is 15.4. The maximum atomic E-state index is 11.9. The Labute approximate surface area is 130 Å². The third-order valence-corrected chi connectivity index (χ3v) is 3.69. The summed E-state index contributed by atoms with van der Waals surface area (Å²) in [6.45, 7) is 7.51. The first-order chi connectivity index (χ1) is 10.0. The highest BCUT2D eigenvalue weighted by Crippen LogP contribution is 2.21. The Balaban J connectivity index is 2.14. The van der Waals surface area contributed by atoms with Crippen LogP contribution in [0, 0.1) is 12.8 Å². The number of hydrogen-bond donors (Lipinski definition) is 1. The molecule has 0 fully saturated rings. The van der Waals surface area contributed by atoms with Crippen LogP contribution in [0.25, 0.3) is 11.0 Å². The van der Waals surface area contributed by atoms with Gasteiger partial charge in [0, 0.05) is 19.5 Å². The predicted octanol–water partition coefficient (Wildman–Crippen LogP) is 3.25. The van der Waals surface area contributed by atoms with Gasteiger partial charge in [-0.15, -0.1) is 11.6 Å². The topological polar surface area (TPSA) is 46.9 Å². The number of nitrogens with one attached hydrogen (secondary N) is 1. The summed E-state index contributed by atoms with van der Waals surface area (Å²) in [6.07, 6.45) is 0.440. The van der Waals surface area contributed by atoms with Crippen molar-refractivity contribution in [3.63, 3.8) is 0 Å². The average Bonchev–Trinajstić information content (AvgIpc) is 2.82. The molecule has 0 bridgehead atoms. The molecule has 4 nitrogen and oxygen atoms in total. The number of carbonyl (C=O) groups excluding carboxylic acids is 1. The molecule has 0 aliphatic carbocycles. The highest BCUT2D eigenvalue weighted by Gasteiger charge is 2.12. The summed E-state index contributed by atoms with van der Waals surface area (Å²) in [4.78, 5) is 16.4. The van der Waals surface area contributed by atoms with E-state index in [0.29, 0.717) is 31.3 Å². The van der Waals surface area contributed by atoms with Gasteiger partial charge in [0.15, 0.2) is 0 Å². The van der Waals surface area contributed by atoms with Gasteiger partial charge in [0.2, 0.25) is 5.91 Å². The summed E-state index contributed by atoms with van der Waals surface area (Å²) in [6, 6.07) is 6.07. The van der Waals surface area contributed by atoms with E-state index < -0.39 is 0 Å². The van der Waals surface area contributed by atoms with Crippen molar-refractivity contribution in [1.29, 1.82) is 0 Å². The number of imidazole rings is 1. The van der Waals surface area contributed by atoms with Gasteiger partial charge in [-0.25, -0.2) is 4.98 Å². The molecule has 1 N–H and O–H groups in total. The fourth-order valence-corrected chi connectivity index (χ4v) is 2.51. The number of para-hydroxylation sites is 1. The highest BCUT2D eigenvalue weighted by molar-refractivity contribution is 6.16. The van der Waals surface area contributed by atoms with Crippen molar-refractivity contribution in [3.05, 3.63) is 29.6 Å². The van der Waals surface area contributed by atoms with Crippen LogP contribution >= 0.6 is 11.6 Å². The van der Waals surface area contributed by atoms with Crippen molar-refractivity contribution in [2.75, 3.05) is 6.54 Å². The van der Waals surface area contributed by atoms with Crippen LogP contribution in [0.15, 0.2) is 18.2 Å². The number of aromatic nitrogens is 2. The first-order valence-electron chi connectivity index (χ1n) is 7.30. The molecule has 5 heteroatoms. The van der Waals surface area contributed by atoms with E-state index in [1.807, 2.05) is 29.7 Å². The Morgan fingerprint density at radius 2 is 2.19 bits per heavy atom. The van der Waals surface area contributed by atoms with Crippen molar-refractivity contribution in [2.45, 2.75) is 39.6 Å². The van der Waals surface area contributed by atoms with E-state index >= 15 is 0 Å². The number of benzene rings is 1. The van der Waals surface area contributed by atoms with Crippen molar-refractivity contribution in [1.82, 2.24) is 14.9 Å². The maximum Gasteiger partial charge on any atom is 0.221 e. The van der Waals surface area contributed by atoms with Gasteiger partial charge in [0.05, 0.1) is 16.9 Å². The Hall–Kier alpha value is -1.55. The van der Waals surface area contributed by atoms with Gasteiger partial charge >= 0.3 is 0 Å². The number of fused-ring (bicyclic) bond motifs is 1. The molecule has 2 rings (SSSR count). The van der Waals surface area contributed by atoms with Crippen molar-refractivity contribution in [2.24, 2.45) is 5.92 Å². The van der Waals surface area contributed by atoms with E-state index in [1.165, 1.54) is 0 Å². The van der Waals surface area contributed by atoms with Gasteiger partial charge in [-0.05, 0) is 24.5 Å². The van der Waals surface area contributed by atoms with E-state index in [2.05, 4.69) is 24.1 Å². The molecule has 2 aromatic rings. The SMILES string of the molecule is Cc1cccc2c1nc(CCl)n2CCC(=O)NCC(C)C. The van der Waals surface area contributed by atoms with Gasteiger partial charge in [-0.3, -0.25) is 4.79 Å². The van der Waals surface area contributed by atoms with Crippen LogP contribution in [-0.2, 0) is 17.2 Å². The molecule has 0 aliphatic rings. The number of rotatable bonds is 6. The molecular formula is C16H22ClN3O. The summed E-state index contributed by atoms with van der Waals surface area (Å²) in [7, 11) is 0. The lowest BCUT2D eigenvalue weighted by molar-refractivity contribution is -0.121. The summed E-state index contributed by atoms with van der Waals surface area (Å²) in [5.74, 6) is 1.70. The van der Waals surface area contributed by atoms with E-state index in [0.717, 1.165) is 22.4 Å². The maximum absolute atomic E-state index is 11.9. The molecule has 0 unspecified atom stereocenters. The molecule has 0 saturated carbocycles. The molecule has 0 atom stereocenters. The van der Waals surface area contributed by atoms with Crippen LogP contribution in [0.2, 0.25) is 0 Å². The molecule has 0 aliphatic heterocycles. The van der Waals surface area contributed by atoms with Gasteiger partial charge in [0.1, 0.15) is 5.82 Å². The third kappa shape index (κ3) is 3.76. The number of amides is 1. The Bertz CT molecular complexity index is 634. The molecule has 114 valence electrons. The minimum atomic E-state index is 0.0683. The molecular weight excluding hydrogens is 286 g/mol. The van der Waals surface area contributed by atoms with E-state index in [4.69, 9.17) is 11.6 Å². The molecule has 0 radical (unpaired) electrons. The van der Waals surface area contributed by atoms with Crippen LogP contribution in [0.4, 0.5) is 0 Å². The van der Waals surface area contributed by atoms with Crippen LogP contribution < -0.4 is 5.32 Å². The summed E-state index contributed by atoms with van der Waals surface area (Å²) in [5, 5.41) is 2.94. The lowest BCUT2D eigenvalue weighted by Gasteiger charge is -2.10. The molecule has 1 aromatic heterocycles. The molecule has 1 amide bonds. The second-order valence-electron chi connectivity index (χ2n) is 5.70. The fourth-order valence-electron chi connectivity index (χ4n) is 2.31. The van der Waals surface area contributed by atoms with Crippen LogP contribution in [0.3, 0.4) is 0 Å². The average molecular weight is 308 g/mol. The first kappa shape index (κ1) is 15.8. The minimum absolute atomic E-state index is 0.0683. The highest BCUT2D eigenvalue weighted by atomic mass is 35.5. The molecule has 0 saturated heterocycles. The number of hydrogen-bond acceptors (Lipinski definition) is 2. The third-order valence-electron chi connectivity index (χ3n) is 3.45. The lowest BCUT2D eigenvalue weighted by atomic mass is 10.2. The fraction of sp³-hybridized carbons (Fsp3) is 0.500. The van der Waals surface area contributed by atoms with E-state index in [-0.39, 0.29) is 5.91 Å². The quantitative estimate of drug-likeness (QED) is 0.833. The second-order valence-corrected chi connectivity index (χ2v) is 5.97. The second kappa shape index (κ2) is 6.94. The summed E-state index contributed by atoms with van der Waals surface area (Å²) < 4.78 is 2.05. The Morgan fingerprint density at radius 1 is 1.43 bits per heavy atom. The standard InChI is InChI=1S/C16H22ClN3O/c1-11(2)10-18-15(21)7-8-20-13-6-4-5-12(3)16(13)19-14(20)9-17/h4-6,11H,7-10H2,1-3H3,(H,18,21). The van der Waals surface area contributed by atoms with Crippen LogP contribution in [0.1, 0.15) is 31.7 Å². The van der Waals surface area contributed by atoms with Gasteiger partial charge in [0.25, 0.3) is 0 Å². The zero-order valence-corrected chi connectivity index (χ0v) is 13.6.